The van der Waals surface area contributed by atoms with E-state index in [9.17, 15) is 9.59 Å². The Kier molecular flexibility index (Phi) is 5.29. The lowest BCUT2D eigenvalue weighted by Gasteiger charge is -2.24. The van der Waals surface area contributed by atoms with Crippen molar-refractivity contribution in [3.05, 3.63) is 0 Å². The van der Waals surface area contributed by atoms with E-state index in [-0.39, 0.29) is 5.92 Å². The molecule has 0 radical (unpaired) electrons. The van der Waals surface area contributed by atoms with Gasteiger partial charge in [0.1, 0.15) is 5.92 Å². The molecule has 0 aromatic heterocycles. The number of nitrogens with two attached hydrogens (primary N) is 1. The molecule has 0 aromatic carbocycles. The number of primary amides is 1. The lowest BCUT2D eigenvalue weighted by molar-refractivity contribution is -0.151. The summed E-state index contributed by atoms with van der Waals surface area (Å²) in [4.78, 5) is 22.8. The summed E-state index contributed by atoms with van der Waals surface area (Å²) in [7, 11) is 1.31. The maximum Gasteiger partial charge on any atom is 0.318 e. The fourth-order valence-corrected chi connectivity index (χ4v) is 2.49. The van der Waals surface area contributed by atoms with Crippen molar-refractivity contribution in [2.75, 3.05) is 7.11 Å². The molecule has 4 heteroatoms. The monoisotopic (exact) mass is 227 g/mol. The molecule has 0 heterocycles. The fraction of sp³-hybridized carbons (Fsp3) is 0.833. The van der Waals surface area contributed by atoms with Gasteiger partial charge >= 0.3 is 5.97 Å². The van der Waals surface area contributed by atoms with Crippen molar-refractivity contribution < 1.29 is 14.3 Å². The van der Waals surface area contributed by atoms with Gasteiger partial charge in [0.25, 0.3) is 0 Å². The lowest BCUT2D eigenvalue weighted by atomic mass is 9.81. The van der Waals surface area contributed by atoms with Crippen LogP contribution in [0.15, 0.2) is 0 Å². The molecule has 1 saturated carbocycles. The van der Waals surface area contributed by atoms with Crippen LogP contribution in [0.3, 0.4) is 0 Å². The van der Waals surface area contributed by atoms with Crippen molar-refractivity contribution in [1.82, 2.24) is 0 Å². The summed E-state index contributed by atoms with van der Waals surface area (Å²) >= 11 is 0. The smallest absolute Gasteiger partial charge is 0.318 e. The van der Waals surface area contributed by atoms with Crippen LogP contribution in [0.2, 0.25) is 0 Å². The quantitative estimate of drug-likeness (QED) is 0.588. The second kappa shape index (κ2) is 6.51. The van der Waals surface area contributed by atoms with Crippen LogP contribution in [0.1, 0.15) is 44.9 Å². The van der Waals surface area contributed by atoms with Gasteiger partial charge in [-0.3, -0.25) is 9.59 Å². The van der Waals surface area contributed by atoms with E-state index in [0.29, 0.717) is 0 Å². The van der Waals surface area contributed by atoms with Crippen LogP contribution >= 0.6 is 0 Å². The van der Waals surface area contributed by atoms with Crippen LogP contribution in [0.25, 0.3) is 0 Å². The van der Waals surface area contributed by atoms with E-state index in [0.717, 1.165) is 25.7 Å². The van der Waals surface area contributed by atoms with Gasteiger partial charge < -0.3 is 10.5 Å². The van der Waals surface area contributed by atoms with Crippen LogP contribution in [0.5, 0.6) is 0 Å². The Balaban J connectivity index is 2.67. The molecule has 1 unspecified atom stereocenters. The van der Waals surface area contributed by atoms with Gasteiger partial charge in [-0.1, -0.05) is 32.1 Å². The minimum Gasteiger partial charge on any atom is -0.468 e. The van der Waals surface area contributed by atoms with Crippen molar-refractivity contribution in [3.8, 4) is 0 Å². The summed E-state index contributed by atoms with van der Waals surface area (Å²) in [5.74, 6) is -1.69. The molecule has 1 rings (SSSR count). The van der Waals surface area contributed by atoms with Gasteiger partial charge in [0.2, 0.25) is 5.91 Å². The Morgan fingerprint density at radius 2 is 1.62 bits per heavy atom. The minimum atomic E-state index is -0.747. The van der Waals surface area contributed by atoms with Crippen LogP contribution < -0.4 is 5.73 Å². The number of esters is 1. The number of methoxy groups -OCH3 is 1. The van der Waals surface area contributed by atoms with Crippen molar-refractivity contribution in [2.24, 2.45) is 17.6 Å². The highest BCUT2D eigenvalue weighted by molar-refractivity contribution is 5.97. The molecular weight excluding hydrogens is 206 g/mol. The van der Waals surface area contributed by atoms with E-state index in [1.165, 1.54) is 26.4 Å². The van der Waals surface area contributed by atoms with Crippen molar-refractivity contribution in [3.63, 3.8) is 0 Å². The van der Waals surface area contributed by atoms with Gasteiger partial charge in [0.15, 0.2) is 0 Å². The number of ether oxygens (including phenoxy) is 1. The average Bonchev–Trinajstić information content (AvgIpc) is 2.20. The van der Waals surface area contributed by atoms with E-state index < -0.39 is 17.8 Å². The number of carbonyl (C=O) groups excluding carboxylic acids is 2. The summed E-state index contributed by atoms with van der Waals surface area (Å²) in [5.41, 5.74) is 5.29. The number of carbonyl (C=O) groups is 2. The Bertz CT molecular complexity index is 245. The summed E-state index contributed by atoms with van der Waals surface area (Å²) < 4.78 is 4.66. The molecule has 1 amide bonds. The highest BCUT2D eigenvalue weighted by atomic mass is 16.5. The number of hydrogen-bond acceptors (Lipinski definition) is 3. The molecule has 0 spiro atoms. The zero-order valence-corrected chi connectivity index (χ0v) is 9.91. The molecule has 0 aromatic rings. The summed E-state index contributed by atoms with van der Waals surface area (Å²) in [6, 6.07) is 0. The second-order valence-corrected chi connectivity index (χ2v) is 4.51. The molecular formula is C12H21NO3. The molecule has 0 aliphatic heterocycles. The predicted molar refractivity (Wildman–Crippen MR) is 60.5 cm³/mol. The van der Waals surface area contributed by atoms with E-state index in [4.69, 9.17) is 5.73 Å². The normalized spacial score (nSPS) is 20.6. The molecule has 92 valence electrons. The Hall–Kier alpha value is -1.06. The molecule has 0 saturated heterocycles. The standard InChI is InChI=1S/C12H21NO3/c1-16-12(15)10(11(13)14)9-7-5-3-2-4-6-8-9/h9-10H,2-8H2,1H3,(H2,13,14). The van der Waals surface area contributed by atoms with E-state index in [1.54, 1.807) is 0 Å². The average molecular weight is 227 g/mol. The molecule has 0 bridgehead atoms. The zero-order valence-electron chi connectivity index (χ0n) is 9.91. The number of hydrogen-bond donors (Lipinski definition) is 1. The lowest BCUT2D eigenvalue weighted by Crippen LogP contribution is -2.37. The first-order valence-electron chi connectivity index (χ1n) is 6.04. The maximum absolute atomic E-state index is 11.5. The van der Waals surface area contributed by atoms with Gasteiger partial charge in [0, 0.05) is 0 Å². The topological polar surface area (TPSA) is 69.4 Å². The van der Waals surface area contributed by atoms with Crippen molar-refractivity contribution in [2.45, 2.75) is 44.9 Å². The van der Waals surface area contributed by atoms with Crippen molar-refractivity contribution >= 4 is 11.9 Å². The summed E-state index contributed by atoms with van der Waals surface area (Å²) in [6.07, 6.45) is 7.58. The number of amides is 1. The molecule has 16 heavy (non-hydrogen) atoms. The highest BCUT2D eigenvalue weighted by Crippen LogP contribution is 2.28. The van der Waals surface area contributed by atoms with Crippen LogP contribution in [0, 0.1) is 11.8 Å². The fourth-order valence-electron chi connectivity index (χ4n) is 2.49. The van der Waals surface area contributed by atoms with E-state index in [1.807, 2.05) is 0 Å². The van der Waals surface area contributed by atoms with Gasteiger partial charge in [-0.2, -0.15) is 0 Å². The Labute approximate surface area is 96.5 Å². The molecule has 1 aliphatic rings. The third-order valence-electron chi connectivity index (χ3n) is 3.38. The Morgan fingerprint density at radius 1 is 1.12 bits per heavy atom. The van der Waals surface area contributed by atoms with E-state index >= 15 is 0 Å². The van der Waals surface area contributed by atoms with Gasteiger partial charge in [-0.25, -0.2) is 0 Å². The van der Waals surface area contributed by atoms with Crippen LogP contribution in [-0.2, 0) is 14.3 Å². The van der Waals surface area contributed by atoms with Gasteiger partial charge in [-0.05, 0) is 18.8 Å². The predicted octanol–water partition coefficient (Wildman–Crippen LogP) is 1.62. The number of rotatable bonds is 3. The summed E-state index contributed by atoms with van der Waals surface area (Å²) in [5, 5.41) is 0. The minimum absolute atomic E-state index is 0.0743. The third kappa shape index (κ3) is 3.51. The van der Waals surface area contributed by atoms with Crippen LogP contribution in [0.4, 0.5) is 0 Å². The van der Waals surface area contributed by atoms with E-state index in [2.05, 4.69) is 4.74 Å². The SMILES string of the molecule is COC(=O)C(C(N)=O)C1CCCCCCC1. The molecule has 1 fully saturated rings. The Morgan fingerprint density at radius 3 is 2.06 bits per heavy atom. The highest BCUT2D eigenvalue weighted by Gasteiger charge is 2.33. The molecule has 1 aliphatic carbocycles. The first-order chi connectivity index (χ1) is 7.66. The molecule has 4 nitrogen and oxygen atoms in total. The zero-order chi connectivity index (χ0) is 12.0. The maximum atomic E-state index is 11.5. The van der Waals surface area contributed by atoms with Crippen LogP contribution in [-0.4, -0.2) is 19.0 Å². The molecule has 1 atom stereocenters. The second-order valence-electron chi connectivity index (χ2n) is 4.51. The first-order valence-corrected chi connectivity index (χ1v) is 6.04. The third-order valence-corrected chi connectivity index (χ3v) is 3.38. The molecule has 2 N–H and O–H groups in total. The largest absolute Gasteiger partial charge is 0.468 e. The van der Waals surface area contributed by atoms with Crippen molar-refractivity contribution in [1.29, 1.82) is 0 Å². The first kappa shape index (κ1) is 13.0. The summed E-state index contributed by atoms with van der Waals surface area (Å²) in [6.45, 7) is 0. The van der Waals surface area contributed by atoms with Gasteiger partial charge in [0.05, 0.1) is 7.11 Å². The van der Waals surface area contributed by atoms with Gasteiger partial charge in [-0.15, -0.1) is 0 Å².